The lowest BCUT2D eigenvalue weighted by Gasteiger charge is -2.25. The number of hydrogen-bond acceptors (Lipinski definition) is 3. The Hall–Kier alpha value is -1.81. The van der Waals surface area contributed by atoms with Gasteiger partial charge in [-0.1, -0.05) is 20.8 Å². The Morgan fingerprint density at radius 2 is 1.88 bits per heavy atom. The van der Waals surface area contributed by atoms with Gasteiger partial charge in [0.25, 0.3) is 0 Å². The molecule has 0 bridgehead atoms. The molecule has 0 spiro atoms. The van der Waals surface area contributed by atoms with E-state index in [4.69, 9.17) is 0 Å². The minimum atomic E-state index is -0.00649. The molecule has 0 aliphatic carbocycles. The van der Waals surface area contributed by atoms with Crippen LogP contribution >= 0.6 is 11.3 Å². The van der Waals surface area contributed by atoms with E-state index >= 15 is 0 Å². The van der Waals surface area contributed by atoms with E-state index in [2.05, 4.69) is 68.4 Å². The summed E-state index contributed by atoms with van der Waals surface area (Å²) in [4.78, 5) is 14.8. The molecule has 0 saturated heterocycles. The largest absolute Gasteiger partial charge is 0.333 e. The third kappa shape index (κ3) is 4.29. The van der Waals surface area contributed by atoms with Gasteiger partial charge in [-0.25, -0.2) is 0 Å². The van der Waals surface area contributed by atoms with E-state index in [9.17, 15) is 4.79 Å². The van der Waals surface area contributed by atoms with E-state index in [0.29, 0.717) is 6.42 Å². The average molecular weight is 371 g/mol. The predicted octanol–water partition coefficient (Wildman–Crippen LogP) is 6.21. The number of fused-ring (bicyclic) bond motifs is 1. The standard InChI is InChI=1S/C22H30N2OS/c1-15-12-18(24-10-7-6-8-17-9-11-26-21(17)24)13-16(2)20(15)23-19(25)14-22(3,4)5/h9,11-13H,6-8,10,14H2,1-5H3,(H,23,25). The summed E-state index contributed by atoms with van der Waals surface area (Å²) in [5, 5.41) is 6.72. The van der Waals surface area contributed by atoms with Gasteiger partial charge < -0.3 is 10.2 Å². The van der Waals surface area contributed by atoms with Gasteiger partial charge in [-0.3, -0.25) is 4.79 Å². The number of thiophene rings is 1. The Morgan fingerprint density at radius 1 is 1.19 bits per heavy atom. The van der Waals surface area contributed by atoms with Crippen LogP contribution in [0.1, 0.15) is 56.7 Å². The molecule has 1 aliphatic rings. The van der Waals surface area contributed by atoms with Crippen molar-refractivity contribution < 1.29 is 4.79 Å². The number of carbonyl (C=O) groups is 1. The maximum absolute atomic E-state index is 12.4. The van der Waals surface area contributed by atoms with E-state index in [0.717, 1.165) is 23.4 Å². The van der Waals surface area contributed by atoms with Crippen molar-refractivity contribution in [2.45, 2.75) is 60.3 Å². The summed E-state index contributed by atoms with van der Waals surface area (Å²) in [7, 11) is 0. The van der Waals surface area contributed by atoms with Gasteiger partial charge in [0.05, 0.1) is 5.00 Å². The Labute approximate surface area is 161 Å². The van der Waals surface area contributed by atoms with Gasteiger partial charge in [0, 0.05) is 24.3 Å². The predicted molar refractivity (Wildman–Crippen MR) is 113 cm³/mol. The second-order valence-corrected chi connectivity index (χ2v) is 9.49. The molecular formula is C22H30N2OS. The lowest BCUT2D eigenvalue weighted by Crippen LogP contribution is -2.21. The molecule has 140 valence electrons. The average Bonchev–Trinajstić information content (AvgIpc) is 2.88. The summed E-state index contributed by atoms with van der Waals surface area (Å²) < 4.78 is 0. The molecule has 1 aliphatic heterocycles. The molecule has 0 radical (unpaired) electrons. The molecule has 1 aromatic heterocycles. The van der Waals surface area contributed by atoms with E-state index in [-0.39, 0.29) is 11.3 Å². The van der Waals surface area contributed by atoms with Crippen LogP contribution in [0.25, 0.3) is 0 Å². The monoisotopic (exact) mass is 370 g/mol. The van der Waals surface area contributed by atoms with Crippen LogP contribution in [0, 0.1) is 19.3 Å². The normalized spacial score (nSPS) is 14.7. The first-order chi connectivity index (χ1) is 12.2. The van der Waals surface area contributed by atoms with Crippen LogP contribution in [0.15, 0.2) is 23.6 Å². The Balaban J connectivity index is 1.87. The summed E-state index contributed by atoms with van der Waals surface area (Å²) in [6, 6.07) is 6.70. The molecule has 0 unspecified atom stereocenters. The smallest absolute Gasteiger partial charge is 0.224 e. The zero-order valence-electron chi connectivity index (χ0n) is 16.6. The number of benzene rings is 1. The van der Waals surface area contributed by atoms with Crippen LogP contribution in [0.4, 0.5) is 16.4 Å². The molecule has 0 fully saturated rings. The topological polar surface area (TPSA) is 32.3 Å². The Kier molecular flexibility index (Phi) is 5.42. The van der Waals surface area contributed by atoms with Gasteiger partial charge in [0.2, 0.25) is 5.91 Å². The number of nitrogens with one attached hydrogen (secondary N) is 1. The van der Waals surface area contributed by atoms with Gasteiger partial charge >= 0.3 is 0 Å². The highest BCUT2D eigenvalue weighted by atomic mass is 32.1. The lowest BCUT2D eigenvalue weighted by atomic mass is 9.92. The Bertz CT molecular complexity index is 778. The number of hydrogen-bond donors (Lipinski definition) is 1. The third-order valence-electron chi connectivity index (χ3n) is 4.83. The highest BCUT2D eigenvalue weighted by Gasteiger charge is 2.21. The number of carbonyl (C=O) groups excluding carboxylic acids is 1. The van der Waals surface area contributed by atoms with Crippen molar-refractivity contribution in [2.75, 3.05) is 16.8 Å². The molecule has 1 amide bonds. The number of amides is 1. The fourth-order valence-electron chi connectivity index (χ4n) is 3.65. The van der Waals surface area contributed by atoms with Gasteiger partial charge in [-0.2, -0.15) is 0 Å². The molecule has 2 aromatic rings. The number of nitrogens with zero attached hydrogens (tertiary/aromatic N) is 1. The summed E-state index contributed by atoms with van der Waals surface area (Å²) in [6.07, 6.45) is 4.16. The molecule has 3 rings (SSSR count). The molecule has 0 atom stereocenters. The second kappa shape index (κ2) is 7.43. The maximum atomic E-state index is 12.4. The first-order valence-electron chi connectivity index (χ1n) is 9.49. The highest BCUT2D eigenvalue weighted by Crippen LogP contribution is 2.39. The summed E-state index contributed by atoms with van der Waals surface area (Å²) in [5.41, 5.74) is 5.91. The van der Waals surface area contributed by atoms with Crippen LogP contribution in [0.5, 0.6) is 0 Å². The van der Waals surface area contributed by atoms with Crippen LogP contribution in [0.2, 0.25) is 0 Å². The molecule has 0 saturated carbocycles. The summed E-state index contributed by atoms with van der Waals surface area (Å²) in [6.45, 7) is 11.5. The number of anilines is 3. The molecular weight excluding hydrogens is 340 g/mol. The van der Waals surface area contributed by atoms with Crippen LogP contribution in [-0.4, -0.2) is 12.5 Å². The number of rotatable bonds is 3. The fourth-order valence-corrected chi connectivity index (χ4v) is 4.65. The fraction of sp³-hybridized carbons (Fsp3) is 0.500. The second-order valence-electron chi connectivity index (χ2n) is 8.60. The van der Waals surface area contributed by atoms with Crippen molar-refractivity contribution in [3.63, 3.8) is 0 Å². The number of aryl methyl sites for hydroxylation is 3. The van der Waals surface area contributed by atoms with Crippen molar-refractivity contribution in [3.8, 4) is 0 Å². The zero-order valence-corrected chi connectivity index (χ0v) is 17.4. The highest BCUT2D eigenvalue weighted by molar-refractivity contribution is 7.14. The molecule has 1 N–H and O–H groups in total. The van der Waals surface area contributed by atoms with Gasteiger partial charge in [0.15, 0.2) is 0 Å². The van der Waals surface area contributed by atoms with E-state index in [1.54, 1.807) is 0 Å². The van der Waals surface area contributed by atoms with Gasteiger partial charge in [-0.15, -0.1) is 11.3 Å². The minimum Gasteiger partial charge on any atom is -0.333 e. The maximum Gasteiger partial charge on any atom is 0.224 e. The molecule has 2 heterocycles. The van der Waals surface area contributed by atoms with Crippen LogP contribution in [-0.2, 0) is 11.2 Å². The summed E-state index contributed by atoms with van der Waals surface area (Å²) in [5.74, 6) is 0.0896. The van der Waals surface area contributed by atoms with Crippen molar-refractivity contribution in [1.82, 2.24) is 0 Å². The molecule has 3 nitrogen and oxygen atoms in total. The Morgan fingerprint density at radius 3 is 2.54 bits per heavy atom. The van der Waals surface area contributed by atoms with Crippen LogP contribution in [0.3, 0.4) is 0 Å². The third-order valence-corrected chi connectivity index (χ3v) is 5.81. The molecule has 4 heteroatoms. The van der Waals surface area contributed by atoms with E-state index in [1.165, 1.54) is 35.5 Å². The van der Waals surface area contributed by atoms with Crippen molar-refractivity contribution in [2.24, 2.45) is 5.41 Å². The quantitative estimate of drug-likeness (QED) is 0.696. The minimum absolute atomic E-state index is 0.00649. The first-order valence-corrected chi connectivity index (χ1v) is 10.4. The van der Waals surface area contributed by atoms with Crippen molar-refractivity contribution in [1.29, 1.82) is 0 Å². The van der Waals surface area contributed by atoms with Crippen molar-refractivity contribution >= 4 is 33.6 Å². The lowest BCUT2D eigenvalue weighted by molar-refractivity contribution is -0.117. The molecule has 26 heavy (non-hydrogen) atoms. The first kappa shape index (κ1) is 19.0. The van der Waals surface area contributed by atoms with Gasteiger partial charge in [-0.05, 0) is 78.8 Å². The van der Waals surface area contributed by atoms with Gasteiger partial charge in [0.1, 0.15) is 0 Å². The van der Waals surface area contributed by atoms with Crippen LogP contribution < -0.4 is 10.2 Å². The summed E-state index contributed by atoms with van der Waals surface area (Å²) >= 11 is 1.83. The molecule has 1 aromatic carbocycles. The SMILES string of the molecule is Cc1cc(N2CCCCc3ccsc32)cc(C)c1NC(=O)CC(C)(C)C. The van der Waals surface area contributed by atoms with E-state index in [1.807, 2.05) is 11.3 Å². The van der Waals surface area contributed by atoms with E-state index < -0.39 is 0 Å². The van der Waals surface area contributed by atoms with Crippen molar-refractivity contribution in [3.05, 3.63) is 40.3 Å². The zero-order chi connectivity index (χ0) is 18.9.